The molecule has 148 valence electrons. The summed E-state index contributed by atoms with van der Waals surface area (Å²) in [5.74, 6) is -2.58. The summed E-state index contributed by atoms with van der Waals surface area (Å²) < 4.78 is 79.9. The number of aromatic nitrogens is 1. The Morgan fingerprint density at radius 2 is 2.11 bits per heavy atom. The number of likely N-dealkylation sites (N-methyl/N-ethyl adjacent to an activating group) is 1. The molecule has 2 atom stereocenters. The molecule has 1 aliphatic carbocycles. The van der Waals surface area contributed by atoms with Crippen molar-refractivity contribution in [3.63, 3.8) is 0 Å². The van der Waals surface area contributed by atoms with Crippen LogP contribution in [0, 0.1) is 5.92 Å². The van der Waals surface area contributed by atoms with E-state index in [4.69, 9.17) is 13.7 Å². The summed E-state index contributed by atoms with van der Waals surface area (Å²) in [6.07, 6.45) is 4.21. The van der Waals surface area contributed by atoms with Crippen LogP contribution in [0.5, 0.6) is 0 Å². The number of rotatable bonds is 4. The first-order valence-corrected chi connectivity index (χ1v) is 9.27. The summed E-state index contributed by atoms with van der Waals surface area (Å²) in [4.78, 5) is 27.9. The molecular weight excluding hydrogens is 350 g/mol. The minimum Gasteiger partial charge on any atom is -0.343 e. The Bertz CT molecular complexity index is 1300. The van der Waals surface area contributed by atoms with Gasteiger partial charge in [-0.15, -0.1) is 0 Å². The molecule has 28 heavy (non-hydrogen) atoms. The molecular formula is C23H29N3O2. The molecule has 4 rings (SSSR count). The van der Waals surface area contributed by atoms with E-state index in [0.717, 1.165) is 16.5 Å². The first kappa shape index (κ1) is 10.4. The van der Waals surface area contributed by atoms with Crippen molar-refractivity contribution in [1.29, 1.82) is 0 Å². The van der Waals surface area contributed by atoms with Crippen LogP contribution in [-0.4, -0.2) is 58.8 Å². The van der Waals surface area contributed by atoms with Gasteiger partial charge in [0.25, 0.3) is 0 Å². The number of carbonyl (C=O) groups excluding carboxylic acids is 2. The molecule has 1 aromatic heterocycles. The van der Waals surface area contributed by atoms with Crippen LogP contribution in [0.2, 0.25) is 0 Å². The van der Waals surface area contributed by atoms with E-state index in [1.54, 1.807) is 30.7 Å². The van der Waals surface area contributed by atoms with Crippen molar-refractivity contribution in [1.82, 2.24) is 14.4 Å². The fraction of sp³-hybridized carbons (Fsp3) is 0.478. The maximum atomic E-state index is 13.8. The number of nitrogens with zero attached hydrogens (tertiary/aromatic N) is 3. The molecule has 2 heterocycles. The Labute approximate surface area is 180 Å². The summed E-state index contributed by atoms with van der Waals surface area (Å²) in [6, 6.07) is 5.23. The standard InChI is InChI=1S/C23H29N3O2/c1-5-21(27)26-14-15-12-20-18(17-9-8-10-19(26)22(15)17)11-16(13-24(20)4)23(28)25(6-2)7-3/h8-11,14,16,20H,5-7,12-13H2,1-4H3/t16-,20-/m1/s1/i2D3,3D3,6D2,7D2. The molecule has 0 N–H and O–H groups in total. The van der Waals surface area contributed by atoms with Crippen molar-refractivity contribution >= 4 is 28.3 Å². The zero-order chi connectivity index (χ0) is 28.6. The van der Waals surface area contributed by atoms with E-state index in [1.165, 1.54) is 0 Å². The van der Waals surface area contributed by atoms with Crippen molar-refractivity contribution < 1.29 is 23.3 Å². The quantitative estimate of drug-likeness (QED) is 0.805. The van der Waals surface area contributed by atoms with Crippen molar-refractivity contribution in [3.8, 4) is 0 Å². The lowest BCUT2D eigenvalue weighted by molar-refractivity contribution is -0.134. The van der Waals surface area contributed by atoms with Crippen LogP contribution in [-0.2, 0) is 11.2 Å². The average molecular weight is 390 g/mol. The van der Waals surface area contributed by atoms with Gasteiger partial charge in [0, 0.05) is 57.3 Å². The van der Waals surface area contributed by atoms with Crippen molar-refractivity contribution in [2.24, 2.45) is 5.92 Å². The summed E-state index contributed by atoms with van der Waals surface area (Å²) in [5, 5.41) is 0.839. The highest BCUT2D eigenvalue weighted by atomic mass is 16.2. The Hall–Kier alpha value is -2.40. The summed E-state index contributed by atoms with van der Waals surface area (Å²) in [7, 11) is 1.73. The Morgan fingerprint density at radius 3 is 2.82 bits per heavy atom. The number of benzene rings is 1. The fourth-order valence-corrected chi connectivity index (χ4v) is 4.39. The molecule has 1 amide bonds. The molecule has 1 aromatic carbocycles. The van der Waals surface area contributed by atoms with Gasteiger partial charge in [0.1, 0.15) is 0 Å². The minimum atomic E-state index is -3.60. The number of carbonyl (C=O) groups is 2. The van der Waals surface area contributed by atoms with E-state index in [9.17, 15) is 9.59 Å². The highest BCUT2D eigenvalue weighted by molar-refractivity contribution is 6.03. The van der Waals surface area contributed by atoms with E-state index < -0.39 is 38.5 Å². The third-order valence-electron chi connectivity index (χ3n) is 5.72. The van der Waals surface area contributed by atoms with Crippen LogP contribution in [0.25, 0.3) is 16.5 Å². The SMILES string of the molecule is [2H]C([2H])([2H])C([2H])([2H])N(C(=O)[C@@H]1C=C2c3cccc4c3c(cn4C(=O)CC)C[C@H]2N(C)C1)C([2H])([2H])C([2H])([2H])[2H]. The first-order valence-electron chi connectivity index (χ1n) is 14.3. The van der Waals surface area contributed by atoms with E-state index in [1.807, 2.05) is 23.2 Å². The van der Waals surface area contributed by atoms with Gasteiger partial charge in [-0.3, -0.25) is 19.1 Å². The summed E-state index contributed by atoms with van der Waals surface area (Å²) in [6.45, 7) is -12.5. The molecule has 5 nitrogen and oxygen atoms in total. The highest BCUT2D eigenvalue weighted by Crippen LogP contribution is 2.41. The normalized spacial score (nSPS) is 28.6. The fourth-order valence-electron chi connectivity index (χ4n) is 4.39. The lowest BCUT2D eigenvalue weighted by atomic mass is 9.79. The van der Waals surface area contributed by atoms with Crippen LogP contribution in [0.15, 0.2) is 30.5 Å². The minimum absolute atomic E-state index is 0.0163. The van der Waals surface area contributed by atoms with Gasteiger partial charge in [-0.2, -0.15) is 0 Å². The number of amides is 1. The summed E-state index contributed by atoms with van der Waals surface area (Å²) in [5.41, 5.74) is 3.11. The molecule has 0 bridgehead atoms. The van der Waals surface area contributed by atoms with Crippen molar-refractivity contribution in [2.75, 3.05) is 26.6 Å². The second-order valence-corrected chi connectivity index (χ2v) is 7.26. The molecule has 2 aromatic rings. The largest absolute Gasteiger partial charge is 0.343 e. The van der Waals surface area contributed by atoms with Crippen LogP contribution in [0.3, 0.4) is 0 Å². The van der Waals surface area contributed by atoms with Crippen molar-refractivity contribution in [3.05, 3.63) is 41.6 Å². The van der Waals surface area contributed by atoms with Crippen LogP contribution in [0.1, 0.15) is 56.7 Å². The second-order valence-electron chi connectivity index (χ2n) is 7.26. The van der Waals surface area contributed by atoms with E-state index in [0.29, 0.717) is 23.9 Å². The number of hydrogen-bond donors (Lipinski definition) is 0. The van der Waals surface area contributed by atoms with Gasteiger partial charge in [-0.1, -0.05) is 25.1 Å². The third kappa shape index (κ3) is 2.80. The molecule has 0 saturated heterocycles. The molecule has 1 aliphatic heterocycles. The smallest absolute Gasteiger partial charge is 0.230 e. The Morgan fingerprint density at radius 1 is 1.32 bits per heavy atom. The summed E-state index contributed by atoms with van der Waals surface area (Å²) >= 11 is 0. The molecule has 0 fully saturated rings. The van der Waals surface area contributed by atoms with Gasteiger partial charge in [-0.25, -0.2) is 0 Å². The number of hydrogen-bond acceptors (Lipinski definition) is 3. The van der Waals surface area contributed by atoms with Crippen LogP contribution in [0.4, 0.5) is 0 Å². The van der Waals surface area contributed by atoms with Gasteiger partial charge < -0.3 is 4.90 Å². The van der Waals surface area contributed by atoms with E-state index in [-0.39, 0.29) is 23.4 Å². The topological polar surface area (TPSA) is 45.6 Å². The van der Waals surface area contributed by atoms with Crippen molar-refractivity contribution in [2.45, 2.75) is 39.5 Å². The van der Waals surface area contributed by atoms with Crippen LogP contribution >= 0.6 is 0 Å². The predicted molar refractivity (Wildman–Crippen MR) is 112 cm³/mol. The molecule has 0 radical (unpaired) electrons. The van der Waals surface area contributed by atoms with Gasteiger partial charge >= 0.3 is 0 Å². The molecule has 5 heteroatoms. The van der Waals surface area contributed by atoms with E-state index >= 15 is 0 Å². The Kier molecular flexibility index (Phi) is 2.68. The lowest BCUT2D eigenvalue weighted by Crippen LogP contribution is -2.47. The van der Waals surface area contributed by atoms with Gasteiger partial charge in [0.15, 0.2) is 0 Å². The molecule has 0 saturated carbocycles. The predicted octanol–water partition coefficient (Wildman–Crippen LogP) is 3.43. The monoisotopic (exact) mass is 389 g/mol. The van der Waals surface area contributed by atoms with Gasteiger partial charge in [0.05, 0.1) is 11.4 Å². The average Bonchev–Trinajstić information content (AvgIpc) is 3.17. The highest BCUT2D eigenvalue weighted by Gasteiger charge is 2.37. The van der Waals surface area contributed by atoms with Gasteiger partial charge in [0.2, 0.25) is 11.8 Å². The third-order valence-corrected chi connectivity index (χ3v) is 5.72. The maximum absolute atomic E-state index is 13.8. The van der Waals surface area contributed by atoms with Gasteiger partial charge in [-0.05, 0) is 49.9 Å². The zero-order valence-corrected chi connectivity index (χ0v) is 15.8. The Balaban J connectivity index is 1.86. The first-order chi connectivity index (χ1) is 17.3. The molecule has 2 aliphatic rings. The number of fused-ring (bicyclic) bond motifs is 2. The molecule has 0 unspecified atom stereocenters. The van der Waals surface area contributed by atoms with E-state index in [2.05, 4.69) is 0 Å². The zero-order valence-electron chi connectivity index (χ0n) is 25.8. The molecule has 0 spiro atoms. The lowest BCUT2D eigenvalue weighted by Gasteiger charge is -2.40. The maximum Gasteiger partial charge on any atom is 0.230 e. The van der Waals surface area contributed by atoms with Crippen LogP contribution < -0.4 is 0 Å². The second kappa shape index (κ2) is 7.21.